The molecule has 0 spiro atoms. The van der Waals surface area contributed by atoms with Crippen LogP contribution in [-0.2, 0) is 16.6 Å². The Labute approximate surface area is 135 Å². The summed E-state index contributed by atoms with van der Waals surface area (Å²) in [5.74, 6) is 0.443. The predicted octanol–water partition coefficient (Wildman–Crippen LogP) is 2.94. The van der Waals surface area contributed by atoms with Gasteiger partial charge in [0.2, 0.25) is 10.0 Å². The van der Waals surface area contributed by atoms with Crippen molar-refractivity contribution in [2.75, 3.05) is 6.54 Å². The van der Waals surface area contributed by atoms with Crippen LogP contribution in [0.5, 0.6) is 0 Å². The van der Waals surface area contributed by atoms with E-state index in [0.717, 1.165) is 35.0 Å². The van der Waals surface area contributed by atoms with Gasteiger partial charge in [0.15, 0.2) is 0 Å². The molecule has 6 heteroatoms. The summed E-state index contributed by atoms with van der Waals surface area (Å²) in [5, 5.41) is 3.30. The lowest BCUT2D eigenvalue weighted by atomic mass is 10.1. The average Bonchev–Trinajstić information content (AvgIpc) is 3.08. The van der Waals surface area contributed by atoms with Gasteiger partial charge in [0.25, 0.3) is 0 Å². The molecule has 1 aliphatic carbocycles. The summed E-state index contributed by atoms with van der Waals surface area (Å²) in [6.45, 7) is 7.59. The number of sulfonamides is 1. The van der Waals surface area contributed by atoms with E-state index in [4.69, 9.17) is 0 Å². The number of hydrogen-bond acceptors (Lipinski definition) is 3. The standard InChI is InChI=1S/C15H23BrN2O2S/c1-4-5-17-9-12-7-13(16)11(3)15(8-12)21(19,20)18-14-6-10(14)2/h7-8,10,14,17-18H,4-6,9H2,1-3H3. The van der Waals surface area contributed by atoms with Crippen molar-refractivity contribution in [3.05, 3.63) is 27.7 Å². The third-order valence-corrected chi connectivity index (χ3v) is 6.26. The molecule has 0 saturated heterocycles. The number of halogens is 1. The second-order valence-corrected chi connectivity index (χ2v) is 8.36. The lowest BCUT2D eigenvalue weighted by Crippen LogP contribution is -2.28. The summed E-state index contributed by atoms with van der Waals surface area (Å²) in [6, 6.07) is 3.85. The minimum absolute atomic E-state index is 0.0926. The molecular weight excluding hydrogens is 352 g/mol. The Hall–Kier alpha value is -0.430. The van der Waals surface area contributed by atoms with Crippen LogP contribution in [0.3, 0.4) is 0 Å². The topological polar surface area (TPSA) is 58.2 Å². The predicted molar refractivity (Wildman–Crippen MR) is 88.8 cm³/mol. The van der Waals surface area contributed by atoms with Crippen LogP contribution in [0.15, 0.2) is 21.5 Å². The maximum absolute atomic E-state index is 12.5. The Balaban J connectivity index is 2.24. The zero-order valence-electron chi connectivity index (χ0n) is 12.7. The number of benzene rings is 1. The van der Waals surface area contributed by atoms with Gasteiger partial charge in [-0.15, -0.1) is 0 Å². The first-order valence-corrected chi connectivity index (χ1v) is 9.65. The third kappa shape index (κ3) is 4.28. The van der Waals surface area contributed by atoms with E-state index in [1.165, 1.54) is 0 Å². The van der Waals surface area contributed by atoms with Crippen molar-refractivity contribution in [2.24, 2.45) is 5.92 Å². The maximum Gasteiger partial charge on any atom is 0.241 e. The van der Waals surface area contributed by atoms with Gasteiger partial charge in [-0.3, -0.25) is 0 Å². The zero-order chi connectivity index (χ0) is 15.6. The van der Waals surface area contributed by atoms with E-state index in [-0.39, 0.29) is 6.04 Å². The Bertz CT molecular complexity index is 616. The molecule has 0 aromatic heterocycles. The molecular formula is C15H23BrN2O2S. The van der Waals surface area contributed by atoms with Crippen molar-refractivity contribution in [1.29, 1.82) is 0 Å². The summed E-state index contributed by atoms with van der Waals surface area (Å²) in [5.41, 5.74) is 1.74. The van der Waals surface area contributed by atoms with E-state index in [0.29, 0.717) is 17.4 Å². The molecule has 2 N–H and O–H groups in total. The van der Waals surface area contributed by atoms with Crippen molar-refractivity contribution in [3.8, 4) is 0 Å². The summed E-state index contributed by atoms with van der Waals surface area (Å²) in [4.78, 5) is 0.379. The average molecular weight is 375 g/mol. The van der Waals surface area contributed by atoms with E-state index in [1.54, 1.807) is 6.07 Å². The molecule has 1 aromatic rings. The lowest BCUT2D eigenvalue weighted by Gasteiger charge is -2.13. The van der Waals surface area contributed by atoms with Crippen LogP contribution in [0.1, 0.15) is 37.8 Å². The van der Waals surface area contributed by atoms with Crippen LogP contribution in [-0.4, -0.2) is 21.0 Å². The molecule has 0 bridgehead atoms. The molecule has 4 nitrogen and oxygen atoms in total. The highest BCUT2D eigenvalue weighted by atomic mass is 79.9. The fourth-order valence-electron chi connectivity index (χ4n) is 2.25. The SMILES string of the molecule is CCCNCc1cc(Br)c(C)c(S(=O)(=O)NC2CC2C)c1. The summed E-state index contributed by atoms with van der Waals surface area (Å²) >= 11 is 3.47. The fraction of sp³-hybridized carbons (Fsp3) is 0.600. The molecule has 21 heavy (non-hydrogen) atoms. The van der Waals surface area contributed by atoms with E-state index < -0.39 is 10.0 Å². The van der Waals surface area contributed by atoms with Gasteiger partial charge >= 0.3 is 0 Å². The van der Waals surface area contributed by atoms with E-state index in [2.05, 4.69) is 39.8 Å². The summed E-state index contributed by atoms with van der Waals surface area (Å²) < 4.78 is 28.7. The molecule has 0 heterocycles. The monoisotopic (exact) mass is 374 g/mol. The fourth-order valence-corrected chi connectivity index (χ4v) is 4.56. The van der Waals surface area contributed by atoms with Crippen molar-refractivity contribution in [2.45, 2.75) is 51.1 Å². The van der Waals surface area contributed by atoms with Crippen LogP contribution < -0.4 is 10.0 Å². The van der Waals surface area contributed by atoms with Gasteiger partial charge in [-0.1, -0.05) is 29.8 Å². The third-order valence-electron chi connectivity index (χ3n) is 3.82. The normalized spacial score (nSPS) is 21.5. The van der Waals surface area contributed by atoms with Gasteiger partial charge in [0, 0.05) is 17.1 Å². The Morgan fingerprint density at radius 3 is 2.62 bits per heavy atom. The number of hydrogen-bond donors (Lipinski definition) is 2. The summed E-state index contributed by atoms with van der Waals surface area (Å²) in [6.07, 6.45) is 1.98. The van der Waals surface area contributed by atoms with Crippen LogP contribution >= 0.6 is 15.9 Å². The van der Waals surface area contributed by atoms with Crippen LogP contribution in [0.25, 0.3) is 0 Å². The molecule has 118 valence electrons. The highest BCUT2D eigenvalue weighted by Crippen LogP contribution is 2.32. The van der Waals surface area contributed by atoms with Crippen LogP contribution in [0, 0.1) is 12.8 Å². The molecule has 2 atom stereocenters. The molecule has 0 radical (unpaired) electrons. The first-order chi connectivity index (χ1) is 9.85. The number of rotatable bonds is 7. The molecule has 0 aliphatic heterocycles. The van der Waals surface area contributed by atoms with Gasteiger partial charge in [-0.25, -0.2) is 13.1 Å². The Morgan fingerprint density at radius 1 is 1.38 bits per heavy atom. The molecule has 0 amide bonds. The molecule has 1 saturated carbocycles. The van der Waals surface area contributed by atoms with Gasteiger partial charge < -0.3 is 5.32 Å². The highest BCUT2D eigenvalue weighted by molar-refractivity contribution is 9.10. The van der Waals surface area contributed by atoms with Crippen molar-refractivity contribution < 1.29 is 8.42 Å². The van der Waals surface area contributed by atoms with Gasteiger partial charge in [-0.2, -0.15) is 0 Å². The quantitative estimate of drug-likeness (QED) is 0.721. The van der Waals surface area contributed by atoms with Crippen molar-refractivity contribution in [3.63, 3.8) is 0 Å². The zero-order valence-corrected chi connectivity index (χ0v) is 15.1. The molecule has 2 unspecified atom stereocenters. The van der Waals surface area contributed by atoms with E-state index >= 15 is 0 Å². The van der Waals surface area contributed by atoms with E-state index in [9.17, 15) is 8.42 Å². The first-order valence-electron chi connectivity index (χ1n) is 7.37. The van der Waals surface area contributed by atoms with Crippen LogP contribution in [0.4, 0.5) is 0 Å². The van der Waals surface area contributed by atoms with E-state index in [1.807, 2.05) is 13.0 Å². The second kappa shape index (κ2) is 6.77. The van der Waals surface area contributed by atoms with Gasteiger partial charge in [0.1, 0.15) is 0 Å². The lowest BCUT2D eigenvalue weighted by molar-refractivity contribution is 0.577. The molecule has 1 aliphatic rings. The largest absolute Gasteiger partial charge is 0.313 e. The molecule has 1 aromatic carbocycles. The van der Waals surface area contributed by atoms with Crippen molar-refractivity contribution in [1.82, 2.24) is 10.0 Å². The molecule has 2 rings (SSSR count). The Morgan fingerprint density at radius 2 is 2.05 bits per heavy atom. The van der Waals surface area contributed by atoms with Gasteiger partial charge in [0.05, 0.1) is 4.90 Å². The van der Waals surface area contributed by atoms with Crippen molar-refractivity contribution >= 4 is 26.0 Å². The molecule has 1 fully saturated rings. The van der Waals surface area contributed by atoms with Crippen LogP contribution in [0.2, 0.25) is 0 Å². The number of nitrogens with one attached hydrogen (secondary N) is 2. The second-order valence-electron chi connectivity index (χ2n) is 5.82. The van der Waals surface area contributed by atoms with Gasteiger partial charge in [-0.05, 0) is 55.5 Å². The highest BCUT2D eigenvalue weighted by Gasteiger charge is 2.37. The smallest absolute Gasteiger partial charge is 0.241 e. The minimum atomic E-state index is -3.44. The maximum atomic E-state index is 12.5. The Kier molecular flexibility index (Phi) is 5.46. The first kappa shape index (κ1) is 16.9. The summed E-state index contributed by atoms with van der Waals surface area (Å²) in [7, 11) is -3.44. The minimum Gasteiger partial charge on any atom is -0.313 e.